The van der Waals surface area contributed by atoms with Crippen LogP contribution in [-0.2, 0) is 6.54 Å². The van der Waals surface area contributed by atoms with Gasteiger partial charge in [0.15, 0.2) is 11.7 Å². The molecule has 0 spiro atoms. The maximum Gasteiger partial charge on any atom is 0.214 e. The Bertz CT molecular complexity index is 770. The van der Waals surface area contributed by atoms with Crippen molar-refractivity contribution in [1.29, 1.82) is 0 Å². The number of halogens is 1. The molecule has 0 aliphatic carbocycles. The molecule has 6 nitrogen and oxygen atoms in total. The minimum atomic E-state index is 0. The lowest BCUT2D eigenvalue weighted by atomic mass is 10.1. The summed E-state index contributed by atoms with van der Waals surface area (Å²) in [5.41, 5.74) is 2.28. The number of likely N-dealkylation sites (tertiary alicyclic amines) is 1. The van der Waals surface area contributed by atoms with Crippen LogP contribution in [0.5, 0.6) is 0 Å². The fourth-order valence-electron chi connectivity index (χ4n) is 3.75. The van der Waals surface area contributed by atoms with Gasteiger partial charge in [-0.15, -0.1) is 24.0 Å². The summed E-state index contributed by atoms with van der Waals surface area (Å²) in [6, 6.07) is 8.29. The summed E-state index contributed by atoms with van der Waals surface area (Å²) >= 11 is 0. The predicted octanol–water partition coefficient (Wildman–Crippen LogP) is 4.01. The van der Waals surface area contributed by atoms with Crippen LogP contribution in [0.2, 0.25) is 0 Å². The largest absolute Gasteiger partial charge is 0.439 e. The van der Waals surface area contributed by atoms with Gasteiger partial charge in [0.1, 0.15) is 0 Å². The number of aromatic nitrogens is 1. The molecule has 1 saturated heterocycles. The summed E-state index contributed by atoms with van der Waals surface area (Å²) in [4.78, 5) is 13.7. The minimum Gasteiger partial charge on any atom is -0.439 e. The molecule has 29 heavy (non-hydrogen) atoms. The van der Waals surface area contributed by atoms with Gasteiger partial charge in [-0.3, -0.25) is 4.99 Å². The van der Waals surface area contributed by atoms with Crippen molar-refractivity contribution in [3.05, 3.63) is 41.9 Å². The standard InChI is InChI=1S/C22H33N5O.HI/c1-5-26(6-2)15-18-11-12-27(16-18)22(23-4)25-14-21-24-13-20(28-21)19-9-7-17(3)8-10-19;/h7-10,13,18H,5-6,11-12,14-16H2,1-4H3,(H,23,25);1H. The molecule has 2 heterocycles. The van der Waals surface area contributed by atoms with Crippen molar-refractivity contribution in [3.8, 4) is 11.3 Å². The Labute approximate surface area is 191 Å². The Morgan fingerprint density at radius 2 is 2.00 bits per heavy atom. The fraction of sp³-hybridized carbons (Fsp3) is 0.545. The number of guanidine groups is 1. The maximum absolute atomic E-state index is 5.92. The zero-order chi connectivity index (χ0) is 19.9. The Kier molecular flexibility index (Phi) is 9.42. The second-order valence-corrected chi connectivity index (χ2v) is 7.47. The fourth-order valence-corrected chi connectivity index (χ4v) is 3.75. The van der Waals surface area contributed by atoms with Crippen LogP contribution in [0.1, 0.15) is 31.7 Å². The van der Waals surface area contributed by atoms with E-state index in [-0.39, 0.29) is 24.0 Å². The third-order valence-corrected chi connectivity index (χ3v) is 5.50. The quantitative estimate of drug-likeness (QED) is 0.346. The van der Waals surface area contributed by atoms with Gasteiger partial charge in [-0.1, -0.05) is 43.7 Å². The van der Waals surface area contributed by atoms with Crippen molar-refractivity contribution in [3.63, 3.8) is 0 Å². The first-order chi connectivity index (χ1) is 13.6. The van der Waals surface area contributed by atoms with E-state index in [2.05, 4.69) is 70.1 Å². The molecule has 7 heteroatoms. The van der Waals surface area contributed by atoms with E-state index in [1.54, 1.807) is 6.20 Å². The average molecular weight is 511 g/mol. The summed E-state index contributed by atoms with van der Waals surface area (Å²) in [6.45, 7) is 12.6. The van der Waals surface area contributed by atoms with E-state index in [1.165, 1.54) is 18.5 Å². The first-order valence-corrected chi connectivity index (χ1v) is 10.3. The minimum absolute atomic E-state index is 0. The number of hydrogen-bond acceptors (Lipinski definition) is 4. The number of oxazole rings is 1. The lowest BCUT2D eigenvalue weighted by Crippen LogP contribution is -2.40. The van der Waals surface area contributed by atoms with Gasteiger partial charge in [0.2, 0.25) is 5.89 Å². The molecule has 0 bridgehead atoms. The number of hydrogen-bond donors (Lipinski definition) is 1. The highest BCUT2D eigenvalue weighted by molar-refractivity contribution is 14.0. The summed E-state index contributed by atoms with van der Waals surface area (Å²) < 4.78 is 5.92. The molecule has 160 valence electrons. The molecule has 1 aromatic heterocycles. The predicted molar refractivity (Wildman–Crippen MR) is 130 cm³/mol. The van der Waals surface area contributed by atoms with Gasteiger partial charge in [-0.2, -0.15) is 0 Å². The van der Waals surface area contributed by atoms with Crippen LogP contribution in [0.25, 0.3) is 11.3 Å². The van der Waals surface area contributed by atoms with Crippen molar-refractivity contribution >= 4 is 29.9 Å². The molecule has 3 rings (SSSR count). The highest BCUT2D eigenvalue weighted by Gasteiger charge is 2.26. The second kappa shape index (κ2) is 11.5. The third kappa shape index (κ3) is 6.44. The third-order valence-electron chi connectivity index (χ3n) is 5.50. The second-order valence-electron chi connectivity index (χ2n) is 7.47. The lowest BCUT2D eigenvalue weighted by Gasteiger charge is -2.24. The van der Waals surface area contributed by atoms with Crippen LogP contribution < -0.4 is 5.32 Å². The maximum atomic E-state index is 5.92. The number of benzene rings is 1. The van der Waals surface area contributed by atoms with Gasteiger partial charge in [0.25, 0.3) is 0 Å². The Morgan fingerprint density at radius 3 is 2.66 bits per heavy atom. The SMILES string of the molecule is CCN(CC)CC1CCN(C(=NC)NCc2ncc(-c3ccc(C)cc3)o2)C1.I. The van der Waals surface area contributed by atoms with Crippen LogP contribution in [-0.4, -0.2) is 60.5 Å². The molecule has 1 aliphatic heterocycles. The van der Waals surface area contributed by atoms with Gasteiger partial charge in [-0.05, 0) is 32.4 Å². The summed E-state index contributed by atoms with van der Waals surface area (Å²) in [5, 5.41) is 3.41. The summed E-state index contributed by atoms with van der Waals surface area (Å²) in [5.74, 6) is 3.10. The van der Waals surface area contributed by atoms with Gasteiger partial charge < -0.3 is 19.5 Å². The van der Waals surface area contributed by atoms with Gasteiger partial charge in [-0.25, -0.2) is 4.98 Å². The molecular formula is C22H34IN5O. The van der Waals surface area contributed by atoms with E-state index in [9.17, 15) is 0 Å². The van der Waals surface area contributed by atoms with Crippen molar-refractivity contribution in [2.45, 2.75) is 33.7 Å². The van der Waals surface area contributed by atoms with Crippen LogP contribution in [0.4, 0.5) is 0 Å². The summed E-state index contributed by atoms with van der Waals surface area (Å²) in [6.07, 6.45) is 3.01. The number of nitrogens with one attached hydrogen (secondary N) is 1. The van der Waals surface area contributed by atoms with Gasteiger partial charge in [0, 0.05) is 32.2 Å². The highest BCUT2D eigenvalue weighted by atomic mass is 127. The molecule has 1 fully saturated rings. The number of rotatable bonds is 7. The van der Waals surface area contributed by atoms with E-state index < -0.39 is 0 Å². The molecule has 1 aromatic carbocycles. The molecule has 0 amide bonds. The number of aryl methyl sites for hydroxylation is 1. The van der Waals surface area contributed by atoms with Gasteiger partial charge in [0.05, 0.1) is 12.7 Å². The van der Waals surface area contributed by atoms with Crippen molar-refractivity contribution in [2.24, 2.45) is 10.9 Å². The van der Waals surface area contributed by atoms with Crippen LogP contribution in [0, 0.1) is 12.8 Å². The van der Waals surface area contributed by atoms with Crippen molar-refractivity contribution in [1.82, 2.24) is 20.1 Å². The first-order valence-electron chi connectivity index (χ1n) is 10.3. The Morgan fingerprint density at radius 1 is 1.28 bits per heavy atom. The average Bonchev–Trinajstić information content (AvgIpc) is 3.37. The Balaban J connectivity index is 0.00000300. The first kappa shape index (κ1) is 23.7. The number of aliphatic imine (C=N–C) groups is 1. The zero-order valence-corrected chi connectivity index (χ0v) is 20.3. The van der Waals surface area contributed by atoms with E-state index in [1.807, 2.05) is 7.05 Å². The molecule has 0 saturated carbocycles. The van der Waals surface area contributed by atoms with E-state index in [0.29, 0.717) is 18.4 Å². The molecule has 2 aromatic rings. The van der Waals surface area contributed by atoms with Crippen molar-refractivity contribution < 1.29 is 4.42 Å². The number of nitrogens with zero attached hydrogens (tertiary/aromatic N) is 4. The molecule has 1 aliphatic rings. The topological polar surface area (TPSA) is 56.9 Å². The van der Waals surface area contributed by atoms with Crippen molar-refractivity contribution in [2.75, 3.05) is 39.8 Å². The molecular weight excluding hydrogens is 477 g/mol. The molecule has 1 N–H and O–H groups in total. The molecule has 0 radical (unpaired) electrons. The van der Waals surface area contributed by atoms with E-state index in [0.717, 1.165) is 43.5 Å². The van der Waals surface area contributed by atoms with Gasteiger partial charge >= 0.3 is 0 Å². The lowest BCUT2D eigenvalue weighted by molar-refractivity contribution is 0.255. The van der Waals surface area contributed by atoms with Crippen LogP contribution in [0.3, 0.4) is 0 Å². The zero-order valence-electron chi connectivity index (χ0n) is 18.0. The Hall–Kier alpha value is -1.61. The van der Waals surface area contributed by atoms with Crippen LogP contribution >= 0.6 is 24.0 Å². The smallest absolute Gasteiger partial charge is 0.214 e. The van der Waals surface area contributed by atoms with Crippen LogP contribution in [0.15, 0.2) is 39.9 Å². The van der Waals surface area contributed by atoms with E-state index in [4.69, 9.17) is 4.42 Å². The highest BCUT2D eigenvalue weighted by Crippen LogP contribution is 2.21. The van der Waals surface area contributed by atoms with E-state index >= 15 is 0 Å². The molecule has 1 atom stereocenters. The molecule has 1 unspecified atom stereocenters. The summed E-state index contributed by atoms with van der Waals surface area (Å²) in [7, 11) is 1.84. The monoisotopic (exact) mass is 511 g/mol. The normalized spacial score (nSPS) is 16.9.